The minimum absolute atomic E-state index is 0.0877. The Morgan fingerprint density at radius 1 is 1.00 bits per heavy atom. The van der Waals surface area contributed by atoms with Crippen molar-refractivity contribution < 1.29 is 13.4 Å². The molecule has 80 valence electrons. The second-order valence-electron chi connectivity index (χ2n) is 5.35. The molecule has 4 aliphatic carbocycles. The van der Waals surface area contributed by atoms with Crippen molar-refractivity contribution in [3.05, 3.63) is 0 Å². The van der Waals surface area contributed by atoms with Crippen molar-refractivity contribution in [3.8, 4) is 0 Å². The molecule has 1 nitrogen and oxygen atoms in total. The van der Waals surface area contributed by atoms with Gasteiger partial charge in [-0.25, -0.2) is 4.39 Å². The first kappa shape index (κ1) is 9.01. The van der Waals surface area contributed by atoms with Crippen molar-refractivity contribution in [2.75, 3.05) is 0 Å². The Bertz CT molecular complexity index is 242. The lowest BCUT2D eigenvalue weighted by molar-refractivity contribution is -0.296. The SMILES string of the molecule is FC1C2CC3CC(C2)CC1(N(F)F)C3. The van der Waals surface area contributed by atoms with Crippen molar-refractivity contribution in [1.29, 1.82) is 0 Å². The van der Waals surface area contributed by atoms with Crippen LogP contribution in [-0.4, -0.2) is 17.1 Å². The molecule has 3 atom stereocenters. The van der Waals surface area contributed by atoms with Crippen molar-refractivity contribution in [2.45, 2.75) is 43.8 Å². The van der Waals surface area contributed by atoms with Crippen LogP contribution in [0.5, 0.6) is 0 Å². The normalized spacial score (nSPS) is 55.7. The van der Waals surface area contributed by atoms with Crippen LogP contribution in [0.4, 0.5) is 13.4 Å². The molecule has 4 aliphatic rings. The lowest BCUT2D eigenvalue weighted by atomic mass is 9.52. The highest BCUT2D eigenvalue weighted by atomic mass is 19.4. The first-order valence-corrected chi connectivity index (χ1v) is 5.37. The zero-order chi connectivity index (χ0) is 9.92. The molecule has 14 heavy (non-hydrogen) atoms. The Balaban J connectivity index is 1.97. The molecule has 3 unspecified atom stereocenters. The summed E-state index contributed by atoms with van der Waals surface area (Å²) >= 11 is 0. The Morgan fingerprint density at radius 2 is 1.57 bits per heavy atom. The van der Waals surface area contributed by atoms with Crippen LogP contribution in [0, 0.1) is 17.8 Å². The summed E-state index contributed by atoms with van der Waals surface area (Å²) in [6.45, 7) is 0. The molecule has 0 aromatic rings. The number of hydrogen-bond donors (Lipinski definition) is 0. The van der Waals surface area contributed by atoms with Gasteiger partial charge in [-0.05, 0) is 49.9 Å². The second kappa shape index (κ2) is 2.65. The summed E-state index contributed by atoms with van der Waals surface area (Å²) < 4.78 is 39.5. The van der Waals surface area contributed by atoms with Crippen molar-refractivity contribution in [2.24, 2.45) is 17.8 Å². The maximum atomic E-state index is 13.9. The van der Waals surface area contributed by atoms with Gasteiger partial charge in [0.25, 0.3) is 0 Å². The first-order chi connectivity index (χ1) is 6.62. The van der Waals surface area contributed by atoms with E-state index in [4.69, 9.17) is 0 Å². The average Bonchev–Trinajstić information content (AvgIpc) is 2.12. The monoisotopic (exact) mass is 205 g/mol. The van der Waals surface area contributed by atoms with Crippen molar-refractivity contribution in [3.63, 3.8) is 0 Å². The van der Waals surface area contributed by atoms with Crippen LogP contribution in [0.2, 0.25) is 0 Å². The fourth-order valence-electron chi connectivity index (χ4n) is 4.17. The van der Waals surface area contributed by atoms with Gasteiger partial charge in [0, 0.05) is 5.34 Å². The highest BCUT2D eigenvalue weighted by Crippen LogP contribution is 2.59. The van der Waals surface area contributed by atoms with E-state index in [0.717, 1.165) is 19.3 Å². The standard InChI is InChI=1S/C10H14F3N/c11-9-8-2-6-1-7(3-8)5-10(9,4-6)14(12)13/h6-9H,1-5H2. The van der Waals surface area contributed by atoms with Crippen LogP contribution in [0.25, 0.3) is 0 Å². The van der Waals surface area contributed by atoms with E-state index in [1.807, 2.05) is 0 Å². The first-order valence-electron chi connectivity index (χ1n) is 5.37. The van der Waals surface area contributed by atoms with Gasteiger partial charge in [-0.1, -0.05) is 0 Å². The van der Waals surface area contributed by atoms with Gasteiger partial charge < -0.3 is 0 Å². The molecule has 0 radical (unpaired) electrons. The number of halogens is 3. The predicted octanol–water partition coefficient (Wildman–Crippen LogP) is 2.97. The van der Waals surface area contributed by atoms with Crippen LogP contribution < -0.4 is 0 Å². The lowest BCUT2D eigenvalue weighted by Gasteiger charge is -2.57. The van der Waals surface area contributed by atoms with Crippen molar-refractivity contribution >= 4 is 0 Å². The second-order valence-corrected chi connectivity index (χ2v) is 5.35. The summed E-state index contributed by atoms with van der Waals surface area (Å²) in [4.78, 5) is 0. The largest absolute Gasteiger partial charge is 0.245 e. The van der Waals surface area contributed by atoms with Crippen molar-refractivity contribution in [1.82, 2.24) is 5.34 Å². The van der Waals surface area contributed by atoms with Gasteiger partial charge in [-0.2, -0.15) is 0 Å². The Kier molecular flexibility index (Phi) is 1.71. The van der Waals surface area contributed by atoms with Gasteiger partial charge >= 0.3 is 0 Å². The van der Waals surface area contributed by atoms with E-state index in [1.165, 1.54) is 0 Å². The molecule has 4 rings (SSSR count). The molecule has 4 heteroatoms. The fraction of sp³-hybridized carbons (Fsp3) is 1.00. The quantitative estimate of drug-likeness (QED) is 0.595. The fourth-order valence-corrected chi connectivity index (χ4v) is 4.17. The Hall–Kier alpha value is -0.250. The van der Waals surface area contributed by atoms with Gasteiger partial charge in [0.1, 0.15) is 11.7 Å². The summed E-state index contributed by atoms with van der Waals surface area (Å²) in [5.74, 6) is 0.622. The lowest BCUT2D eigenvalue weighted by Crippen LogP contribution is -2.63. The zero-order valence-corrected chi connectivity index (χ0v) is 7.93. The van der Waals surface area contributed by atoms with E-state index in [0.29, 0.717) is 24.7 Å². The van der Waals surface area contributed by atoms with Gasteiger partial charge in [-0.3, -0.25) is 0 Å². The van der Waals surface area contributed by atoms with E-state index >= 15 is 0 Å². The molecule has 4 bridgehead atoms. The summed E-state index contributed by atoms with van der Waals surface area (Å²) in [7, 11) is 0. The summed E-state index contributed by atoms with van der Waals surface area (Å²) in [5.41, 5.74) is -1.41. The maximum Gasteiger partial charge on any atom is 0.127 e. The summed E-state index contributed by atoms with van der Waals surface area (Å²) in [6.07, 6.45) is 2.17. The van der Waals surface area contributed by atoms with E-state index in [1.54, 1.807) is 0 Å². The third kappa shape index (κ3) is 0.953. The maximum absolute atomic E-state index is 13.9. The van der Waals surface area contributed by atoms with Crippen LogP contribution in [-0.2, 0) is 0 Å². The zero-order valence-electron chi connectivity index (χ0n) is 7.93. The van der Waals surface area contributed by atoms with E-state index in [2.05, 4.69) is 0 Å². The number of rotatable bonds is 1. The minimum atomic E-state index is -1.41. The third-order valence-electron chi connectivity index (χ3n) is 4.49. The van der Waals surface area contributed by atoms with Gasteiger partial charge in [0.05, 0.1) is 0 Å². The summed E-state index contributed by atoms with van der Waals surface area (Å²) in [5, 5.41) is -0.817. The highest BCUT2D eigenvalue weighted by Gasteiger charge is 2.61. The van der Waals surface area contributed by atoms with E-state index in [9.17, 15) is 13.4 Å². The summed E-state index contributed by atoms with van der Waals surface area (Å²) in [6, 6.07) is 0. The Morgan fingerprint density at radius 3 is 2.07 bits per heavy atom. The molecule has 0 amide bonds. The molecule has 4 fully saturated rings. The highest BCUT2D eigenvalue weighted by molar-refractivity contribution is 5.10. The smallest absolute Gasteiger partial charge is 0.127 e. The van der Waals surface area contributed by atoms with E-state index in [-0.39, 0.29) is 5.92 Å². The average molecular weight is 205 g/mol. The molecule has 4 saturated carbocycles. The predicted molar refractivity (Wildman–Crippen MR) is 45.2 cm³/mol. The molecule has 0 saturated heterocycles. The van der Waals surface area contributed by atoms with Crippen LogP contribution in [0.15, 0.2) is 0 Å². The number of alkyl halides is 1. The molecule has 0 heterocycles. The van der Waals surface area contributed by atoms with Gasteiger partial charge in [-0.15, -0.1) is 8.96 Å². The number of hydrogen-bond acceptors (Lipinski definition) is 1. The van der Waals surface area contributed by atoms with Gasteiger partial charge in [0.15, 0.2) is 0 Å². The van der Waals surface area contributed by atoms with Crippen LogP contribution in [0.3, 0.4) is 0 Å². The van der Waals surface area contributed by atoms with Crippen LogP contribution in [0.1, 0.15) is 32.1 Å². The van der Waals surface area contributed by atoms with Crippen LogP contribution >= 0.6 is 0 Å². The molecular weight excluding hydrogens is 191 g/mol. The minimum Gasteiger partial charge on any atom is -0.245 e. The molecule has 0 aliphatic heterocycles. The molecule has 0 N–H and O–H groups in total. The van der Waals surface area contributed by atoms with E-state index < -0.39 is 17.1 Å². The Labute approximate surface area is 81.1 Å². The number of nitrogens with zero attached hydrogens (tertiary/aromatic N) is 1. The molecule has 0 spiro atoms. The topological polar surface area (TPSA) is 3.24 Å². The van der Waals surface area contributed by atoms with Gasteiger partial charge in [0.2, 0.25) is 0 Å². The molecule has 0 aromatic carbocycles. The molecule has 0 aromatic heterocycles. The molecular formula is C10H14F3N. The third-order valence-corrected chi connectivity index (χ3v) is 4.49.